The molecule has 0 aliphatic carbocycles. The third-order valence-corrected chi connectivity index (χ3v) is 3.51. The Morgan fingerprint density at radius 3 is 2.61 bits per heavy atom. The summed E-state index contributed by atoms with van der Waals surface area (Å²) < 4.78 is 5.48. The average molecular weight is 261 g/mol. The zero-order chi connectivity index (χ0) is 13.3. The SMILES string of the molecule is CCc1ccc2[nH]c(C(=O)O[Si](C)(C)C)cc2c1. The second kappa shape index (κ2) is 4.61. The number of H-pyrrole nitrogens is 1. The van der Waals surface area contributed by atoms with Crippen LogP contribution in [0.5, 0.6) is 0 Å². The standard InChI is InChI=1S/C14H19NO2Si/c1-5-10-6-7-12-11(8-10)9-13(15-12)14(16)17-18(2,3)4/h6-9,15H,5H2,1-4H3. The molecule has 1 aromatic heterocycles. The van der Waals surface area contributed by atoms with E-state index in [9.17, 15) is 4.79 Å². The van der Waals surface area contributed by atoms with E-state index < -0.39 is 8.32 Å². The number of nitrogens with one attached hydrogen (secondary N) is 1. The summed E-state index contributed by atoms with van der Waals surface area (Å²) in [5.74, 6) is -0.247. The Morgan fingerprint density at radius 2 is 2.00 bits per heavy atom. The minimum Gasteiger partial charge on any atom is -0.515 e. The fourth-order valence-electron chi connectivity index (χ4n) is 1.85. The van der Waals surface area contributed by atoms with Crippen LogP contribution in [0.15, 0.2) is 24.3 Å². The maximum Gasteiger partial charge on any atom is 0.341 e. The van der Waals surface area contributed by atoms with Crippen molar-refractivity contribution in [2.75, 3.05) is 0 Å². The summed E-state index contributed by atoms with van der Waals surface area (Å²) in [5.41, 5.74) is 2.79. The molecule has 0 saturated carbocycles. The van der Waals surface area contributed by atoms with Crippen molar-refractivity contribution in [2.45, 2.75) is 33.0 Å². The lowest BCUT2D eigenvalue weighted by Crippen LogP contribution is -2.29. The number of aryl methyl sites for hydroxylation is 1. The second-order valence-corrected chi connectivity index (χ2v) is 9.89. The summed E-state index contributed by atoms with van der Waals surface area (Å²) in [5, 5.41) is 1.07. The Morgan fingerprint density at radius 1 is 1.28 bits per heavy atom. The molecule has 0 saturated heterocycles. The van der Waals surface area contributed by atoms with Gasteiger partial charge in [0.2, 0.25) is 8.32 Å². The molecule has 1 heterocycles. The van der Waals surface area contributed by atoms with Crippen LogP contribution in [-0.4, -0.2) is 19.3 Å². The molecule has 0 atom stereocenters. The van der Waals surface area contributed by atoms with Crippen LogP contribution in [0.4, 0.5) is 0 Å². The summed E-state index contributed by atoms with van der Waals surface area (Å²) >= 11 is 0. The van der Waals surface area contributed by atoms with Gasteiger partial charge >= 0.3 is 5.97 Å². The first-order valence-corrected chi connectivity index (χ1v) is 9.65. The highest BCUT2D eigenvalue weighted by Crippen LogP contribution is 2.19. The summed E-state index contributed by atoms with van der Waals surface area (Å²) in [6, 6.07) is 8.07. The first-order chi connectivity index (χ1) is 8.39. The summed E-state index contributed by atoms with van der Waals surface area (Å²) in [7, 11) is -1.84. The highest BCUT2D eigenvalue weighted by atomic mass is 28.4. The van der Waals surface area contributed by atoms with Gasteiger partial charge in [0.25, 0.3) is 0 Å². The van der Waals surface area contributed by atoms with E-state index in [4.69, 9.17) is 4.43 Å². The molecule has 1 N–H and O–H groups in total. The molecule has 0 unspecified atom stereocenters. The minimum absolute atomic E-state index is 0.247. The zero-order valence-electron chi connectivity index (χ0n) is 11.3. The van der Waals surface area contributed by atoms with Crippen molar-refractivity contribution in [3.63, 3.8) is 0 Å². The molecule has 1 aromatic carbocycles. The lowest BCUT2D eigenvalue weighted by atomic mass is 10.1. The van der Waals surface area contributed by atoms with E-state index in [2.05, 4.69) is 24.0 Å². The van der Waals surface area contributed by atoms with Gasteiger partial charge in [-0.15, -0.1) is 0 Å². The zero-order valence-corrected chi connectivity index (χ0v) is 12.3. The molecule has 96 valence electrons. The van der Waals surface area contributed by atoms with Crippen molar-refractivity contribution in [3.8, 4) is 0 Å². The van der Waals surface area contributed by atoms with Gasteiger partial charge in [-0.1, -0.05) is 13.0 Å². The van der Waals surface area contributed by atoms with Gasteiger partial charge in [0.1, 0.15) is 5.69 Å². The molecule has 2 rings (SSSR count). The number of benzene rings is 1. The van der Waals surface area contributed by atoms with E-state index in [1.807, 2.05) is 31.8 Å². The van der Waals surface area contributed by atoms with E-state index in [0.717, 1.165) is 17.3 Å². The Bertz CT molecular complexity index is 581. The molecular weight excluding hydrogens is 242 g/mol. The van der Waals surface area contributed by atoms with E-state index in [1.54, 1.807) is 0 Å². The van der Waals surface area contributed by atoms with E-state index in [-0.39, 0.29) is 5.97 Å². The summed E-state index contributed by atoms with van der Waals surface area (Å²) in [6.45, 7) is 8.13. The number of aromatic nitrogens is 1. The third-order valence-electron chi connectivity index (χ3n) is 2.71. The maximum atomic E-state index is 12.0. The number of carbonyl (C=O) groups is 1. The fourth-order valence-corrected chi connectivity index (χ4v) is 2.51. The van der Waals surface area contributed by atoms with Gasteiger partial charge in [-0.3, -0.25) is 0 Å². The lowest BCUT2D eigenvalue weighted by Gasteiger charge is -2.16. The van der Waals surface area contributed by atoms with Crippen molar-refractivity contribution in [1.29, 1.82) is 0 Å². The molecule has 18 heavy (non-hydrogen) atoms. The fraction of sp³-hybridized carbons (Fsp3) is 0.357. The summed E-state index contributed by atoms with van der Waals surface area (Å²) in [4.78, 5) is 15.1. The predicted octanol–water partition coefficient (Wildman–Crippen LogP) is 3.72. The van der Waals surface area contributed by atoms with Crippen LogP contribution in [0.3, 0.4) is 0 Å². The van der Waals surface area contributed by atoms with E-state index in [0.29, 0.717) is 5.69 Å². The van der Waals surface area contributed by atoms with Gasteiger partial charge in [0.15, 0.2) is 0 Å². The predicted molar refractivity (Wildman–Crippen MR) is 76.4 cm³/mol. The highest BCUT2D eigenvalue weighted by molar-refractivity contribution is 6.71. The number of aromatic amines is 1. The van der Waals surface area contributed by atoms with Crippen molar-refractivity contribution in [2.24, 2.45) is 0 Å². The number of carbonyl (C=O) groups excluding carboxylic acids is 1. The van der Waals surface area contributed by atoms with Crippen molar-refractivity contribution < 1.29 is 9.22 Å². The van der Waals surface area contributed by atoms with Gasteiger partial charge < -0.3 is 9.41 Å². The molecule has 0 bridgehead atoms. The molecule has 0 spiro atoms. The largest absolute Gasteiger partial charge is 0.515 e. The summed E-state index contributed by atoms with van der Waals surface area (Å²) in [6.07, 6.45) is 0.996. The molecule has 0 aliphatic heterocycles. The first kappa shape index (κ1) is 12.9. The van der Waals surface area contributed by atoms with Crippen LogP contribution in [0.2, 0.25) is 19.6 Å². The first-order valence-electron chi connectivity index (χ1n) is 6.24. The van der Waals surface area contributed by atoms with Crippen LogP contribution in [-0.2, 0) is 10.8 Å². The Labute approximate surface area is 108 Å². The Hall–Kier alpha value is -1.55. The Balaban J connectivity index is 2.32. The molecule has 2 aromatic rings. The van der Waals surface area contributed by atoms with Crippen LogP contribution in [0.25, 0.3) is 10.9 Å². The molecule has 0 amide bonds. The van der Waals surface area contributed by atoms with Crippen LogP contribution >= 0.6 is 0 Å². The maximum absolute atomic E-state index is 12.0. The smallest absolute Gasteiger partial charge is 0.341 e. The topological polar surface area (TPSA) is 42.1 Å². The number of hydrogen-bond acceptors (Lipinski definition) is 2. The third kappa shape index (κ3) is 2.82. The van der Waals surface area contributed by atoms with E-state index in [1.165, 1.54) is 5.56 Å². The molecular formula is C14H19NO2Si. The van der Waals surface area contributed by atoms with Gasteiger partial charge in [-0.25, -0.2) is 4.79 Å². The highest BCUT2D eigenvalue weighted by Gasteiger charge is 2.22. The number of rotatable bonds is 3. The molecule has 0 aliphatic rings. The Kier molecular flexibility index (Phi) is 3.30. The number of hydrogen-bond donors (Lipinski definition) is 1. The van der Waals surface area contributed by atoms with Gasteiger partial charge in [-0.2, -0.15) is 0 Å². The second-order valence-electron chi connectivity index (χ2n) is 5.46. The van der Waals surface area contributed by atoms with Crippen molar-refractivity contribution >= 4 is 25.2 Å². The number of fused-ring (bicyclic) bond motifs is 1. The van der Waals surface area contributed by atoms with Crippen LogP contribution < -0.4 is 0 Å². The average Bonchev–Trinajstić information content (AvgIpc) is 2.69. The molecule has 0 fully saturated rings. The quantitative estimate of drug-likeness (QED) is 0.856. The monoisotopic (exact) mass is 261 g/mol. The lowest BCUT2D eigenvalue weighted by molar-refractivity contribution is 0.0719. The van der Waals surface area contributed by atoms with Crippen molar-refractivity contribution in [3.05, 3.63) is 35.5 Å². The van der Waals surface area contributed by atoms with Gasteiger partial charge in [0.05, 0.1) is 0 Å². The normalized spacial score (nSPS) is 11.8. The van der Waals surface area contributed by atoms with Gasteiger partial charge in [-0.05, 0) is 49.8 Å². The van der Waals surface area contributed by atoms with Crippen LogP contribution in [0.1, 0.15) is 23.0 Å². The van der Waals surface area contributed by atoms with E-state index >= 15 is 0 Å². The van der Waals surface area contributed by atoms with Crippen LogP contribution in [0, 0.1) is 0 Å². The van der Waals surface area contributed by atoms with Crippen molar-refractivity contribution in [1.82, 2.24) is 4.98 Å². The molecule has 3 nitrogen and oxygen atoms in total. The molecule has 0 radical (unpaired) electrons. The van der Waals surface area contributed by atoms with Gasteiger partial charge in [0, 0.05) is 10.9 Å². The molecule has 4 heteroatoms. The minimum atomic E-state index is -1.84.